The Hall–Kier alpha value is -1.94. The summed E-state index contributed by atoms with van der Waals surface area (Å²) in [5.41, 5.74) is 6.44. The second-order valence-electron chi connectivity index (χ2n) is 10.3. The molecule has 0 fully saturated rings. The Balaban J connectivity index is 2.34. The van der Waals surface area contributed by atoms with Crippen LogP contribution in [0.2, 0.25) is 0 Å². The molecule has 0 aromatic heterocycles. The number of hydrogen-bond acceptors (Lipinski definition) is 3. The maximum Gasteiger partial charge on any atom is 0.0685 e. The molecule has 0 radical (unpaired) electrons. The van der Waals surface area contributed by atoms with E-state index in [0.717, 1.165) is 48.8 Å². The van der Waals surface area contributed by atoms with E-state index in [0.29, 0.717) is 0 Å². The van der Waals surface area contributed by atoms with Crippen LogP contribution in [-0.4, -0.2) is 21.4 Å². The van der Waals surface area contributed by atoms with Crippen LogP contribution in [0.1, 0.15) is 94.2 Å². The van der Waals surface area contributed by atoms with Crippen molar-refractivity contribution >= 4 is 6.08 Å². The van der Waals surface area contributed by atoms with Crippen molar-refractivity contribution in [1.29, 1.82) is 0 Å². The highest BCUT2D eigenvalue weighted by atomic mass is 16.3. The van der Waals surface area contributed by atoms with Gasteiger partial charge in [0.2, 0.25) is 0 Å². The fourth-order valence-electron chi connectivity index (χ4n) is 4.53. The fourth-order valence-corrected chi connectivity index (χ4v) is 4.53. The van der Waals surface area contributed by atoms with Crippen LogP contribution in [0.4, 0.5) is 0 Å². The van der Waals surface area contributed by atoms with Crippen LogP contribution in [0.25, 0.3) is 6.08 Å². The molecule has 0 aliphatic rings. The highest BCUT2D eigenvalue weighted by molar-refractivity contribution is 5.55. The lowest BCUT2D eigenvalue weighted by Gasteiger charge is -2.30. The van der Waals surface area contributed by atoms with Crippen molar-refractivity contribution in [1.82, 2.24) is 0 Å². The van der Waals surface area contributed by atoms with Gasteiger partial charge in [0.25, 0.3) is 0 Å². The first-order valence-electron chi connectivity index (χ1n) is 12.5. The molecule has 33 heavy (non-hydrogen) atoms. The van der Waals surface area contributed by atoms with Gasteiger partial charge in [0, 0.05) is 5.41 Å². The SMILES string of the molecule is CCc1cc(C(C=Cc2ccc(CO)c(CO)c2)(CC)CC)ccc1CCC(O)C(C)(C)C. The number of rotatable bonds is 11. The maximum atomic E-state index is 10.5. The molecule has 0 aliphatic carbocycles. The van der Waals surface area contributed by atoms with E-state index in [4.69, 9.17) is 0 Å². The van der Waals surface area contributed by atoms with E-state index >= 15 is 0 Å². The second kappa shape index (κ2) is 12.0. The van der Waals surface area contributed by atoms with E-state index < -0.39 is 0 Å². The first-order chi connectivity index (χ1) is 15.6. The maximum absolute atomic E-state index is 10.5. The number of aryl methyl sites for hydroxylation is 2. The van der Waals surface area contributed by atoms with Crippen LogP contribution < -0.4 is 0 Å². The third kappa shape index (κ3) is 6.79. The van der Waals surface area contributed by atoms with Gasteiger partial charge in [0.15, 0.2) is 0 Å². The average molecular weight is 453 g/mol. The second-order valence-corrected chi connectivity index (χ2v) is 10.3. The normalized spacial score (nSPS) is 13.6. The smallest absolute Gasteiger partial charge is 0.0685 e. The minimum absolute atomic E-state index is 0.0628. The summed E-state index contributed by atoms with van der Waals surface area (Å²) >= 11 is 0. The Morgan fingerprint density at radius 3 is 2.00 bits per heavy atom. The minimum Gasteiger partial charge on any atom is -0.393 e. The first-order valence-corrected chi connectivity index (χ1v) is 12.5. The van der Waals surface area contributed by atoms with Crippen LogP contribution in [0.5, 0.6) is 0 Å². The molecule has 0 saturated heterocycles. The summed E-state index contributed by atoms with van der Waals surface area (Å²) in [6, 6.07) is 12.7. The number of allylic oxidation sites excluding steroid dienone is 1. The predicted molar refractivity (Wildman–Crippen MR) is 139 cm³/mol. The van der Waals surface area contributed by atoms with Gasteiger partial charge in [-0.05, 0) is 77.0 Å². The molecule has 0 spiro atoms. The quantitative estimate of drug-likeness (QED) is 0.372. The van der Waals surface area contributed by atoms with E-state index in [2.05, 4.69) is 71.9 Å². The van der Waals surface area contributed by atoms with Gasteiger partial charge in [-0.3, -0.25) is 0 Å². The van der Waals surface area contributed by atoms with Gasteiger partial charge in [-0.1, -0.05) is 84.0 Å². The Labute approximate surface area is 201 Å². The summed E-state index contributed by atoms with van der Waals surface area (Å²) in [5.74, 6) is 0. The van der Waals surface area contributed by atoms with Gasteiger partial charge < -0.3 is 15.3 Å². The largest absolute Gasteiger partial charge is 0.393 e. The van der Waals surface area contributed by atoms with Crippen molar-refractivity contribution in [3.05, 3.63) is 75.9 Å². The summed E-state index contributed by atoms with van der Waals surface area (Å²) < 4.78 is 0. The molecular formula is C30H44O3. The molecule has 0 amide bonds. The van der Waals surface area contributed by atoms with E-state index in [1.54, 1.807) is 0 Å². The highest BCUT2D eigenvalue weighted by Gasteiger charge is 2.26. The Bertz CT molecular complexity index is 917. The van der Waals surface area contributed by atoms with Gasteiger partial charge >= 0.3 is 0 Å². The summed E-state index contributed by atoms with van der Waals surface area (Å²) in [6.07, 6.45) is 8.77. The third-order valence-electron chi connectivity index (χ3n) is 7.28. The van der Waals surface area contributed by atoms with Gasteiger partial charge in [-0.2, -0.15) is 0 Å². The summed E-state index contributed by atoms with van der Waals surface area (Å²) in [7, 11) is 0. The van der Waals surface area contributed by atoms with E-state index in [-0.39, 0.29) is 30.1 Å². The molecule has 1 atom stereocenters. The zero-order valence-corrected chi connectivity index (χ0v) is 21.5. The van der Waals surface area contributed by atoms with Crippen molar-refractivity contribution in [2.24, 2.45) is 5.41 Å². The third-order valence-corrected chi connectivity index (χ3v) is 7.28. The zero-order chi connectivity index (χ0) is 24.6. The molecule has 3 N–H and O–H groups in total. The number of aliphatic hydroxyl groups excluding tert-OH is 3. The van der Waals surface area contributed by atoms with Crippen molar-refractivity contribution in [2.45, 2.75) is 98.4 Å². The van der Waals surface area contributed by atoms with Gasteiger partial charge in [-0.25, -0.2) is 0 Å². The standard InChI is InChI=1S/C30H44O3/c1-7-23-19-27(14-12-24(23)13-15-28(33)29(4,5)6)30(8-2,9-3)17-16-22-10-11-25(20-31)26(18-22)21-32/h10-12,14,16-19,28,31-33H,7-9,13,15,20-21H2,1-6H3. The number of hydrogen-bond donors (Lipinski definition) is 3. The topological polar surface area (TPSA) is 60.7 Å². The van der Waals surface area contributed by atoms with Crippen LogP contribution in [0.3, 0.4) is 0 Å². The molecule has 1 unspecified atom stereocenters. The first kappa shape index (κ1) is 27.3. The molecule has 3 heteroatoms. The summed E-state index contributed by atoms with van der Waals surface area (Å²) in [6.45, 7) is 12.8. The van der Waals surface area contributed by atoms with Gasteiger partial charge in [-0.15, -0.1) is 0 Å². The van der Waals surface area contributed by atoms with Crippen molar-refractivity contribution in [2.75, 3.05) is 0 Å². The Kier molecular flexibility index (Phi) is 9.90. The molecule has 0 aliphatic heterocycles. The molecule has 2 rings (SSSR count). The summed E-state index contributed by atoms with van der Waals surface area (Å²) in [5, 5.41) is 29.6. The molecule has 3 nitrogen and oxygen atoms in total. The molecule has 0 heterocycles. The lowest BCUT2D eigenvalue weighted by molar-refractivity contribution is 0.0559. The molecule has 182 valence electrons. The van der Waals surface area contributed by atoms with E-state index in [1.807, 2.05) is 18.2 Å². The number of benzene rings is 2. The van der Waals surface area contributed by atoms with Gasteiger partial charge in [0.1, 0.15) is 0 Å². The lowest BCUT2D eigenvalue weighted by Crippen LogP contribution is -2.26. The number of aliphatic hydroxyl groups is 3. The lowest BCUT2D eigenvalue weighted by atomic mass is 9.74. The fraction of sp³-hybridized carbons (Fsp3) is 0.533. The van der Waals surface area contributed by atoms with E-state index in [9.17, 15) is 15.3 Å². The molecular weight excluding hydrogens is 408 g/mol. The molecule has 2 aromatic rings. The van der Waals surface area contributed by atoms with Crippen molar-refractivity contribution in [3.8, 4) is 0 Å². The van der Waals surface area contributed by atoms with E-state index in [1.165, 1.54) is 16.7 Å². The monoisotopic (exact) mass is 452 g/mol. The minimum atomic E-state index is -0.309. The Morgan fingerprint density at radius 1 is 0.818 bits per heavy atom. The molecule has 2 aromatic carbocycles. The van der Waals surface area contributed by atoms with Crippen LogP contribution in [-0.2, 0) is 31.5 Å². The van der Waals surface area contributed by atoms with Crippen LogP contribution in [0.15, 0.2) is 42.5 Å². The summed E-state index contributed by atoms with van der Waals surface area (Å²) in [4.78, 5) is 0. The molecule has 0 bridgehead atoms. The Morgan fingerprint density at radius 2 is 1.45 bits per heavy atom. The van der Waals surface area contributed by atoms with Gasteiger partial charge in [0.05, 0.1) is 19.3 Å². The predicted octanol–water partition coefficient (Wildman–Crippen LogP) is 6.34. The molecule has 0 saturated carbocycles. The highest BCUT2D eigenvalue weighted by Crippen LogP contribution is 2.36. The van der Waals surface area contributed by atoms with Crippen molar-refractivity contribution < 1.29 is 15.3 Å². The average Bonchev–Trinajstić information content (AvgIpc) is 2.82. The van der Waals surface area contributed by atoms with Crippen LogP contribution >= 0.6 is 0 Å². The van der Waals surface area contributed by atoms with Crippen LogP contribution in [0, 0.1) is 5.41 Å². The van der Waals surface area contributed by atoms with Crippen molar-refractivity contribution in [3.63, 3.8) is 0 Å². The zero-order valence-electron chi connectivity index (χ0n) is 21.5.